The van der Waals surface area contributed by atoms with Crippen LogP contribution in [0.1, 0.15) is 37.0 Å². The summed E-state index contributed by atoms with van der Waals surface area (Å²) < 4.78 is 0. The van der Waals surface area contributed by atoms with Crippen LogP contribution in [0.15, 0.2) is 35.7 Å². The summed E-state index contributed by atoms with van der Waals surface area (Å²) in [5.41, 5.74) is 8.77. The maximum Gasteiger partial charge on any atom is 0.0981 e. The Morgan fingerprint density at radius 1 is 1.16 bits per heavy atom. The van der Waals surface area contributed by atoms with Crippen LogP contribution in [0, 0.1) is 0 Å². The number of aromatic nitrogens is 1. The highest BCUT2D eigenvalue weighted by Gasteiger charge is 2.18. The Balaban J connectivity index is 1.96. The Labute approximate surface area is 119 Å². The van der Waals surface area contributed by atoms with Gasteiger partial charge in [0.25, 0.3) is 0 Å². The molecule has 1 atom stereocenters. The Morgan fingerprint density at radius 3 is 2.42 bits per heavy atom. The SMILES string of the molecule is CC(C)(C)c1nc(CC(N)Cc2ccccc2)cs1. The second kappa shape index (κ2) is 5.85. The van der Waals surface area contributed by atoms with Gasteiger partial charge in [-0.25, -0.2) is 4.98 Å². The van der Waals surface area contributed by atoms with Gasteiger partial charge in [0.2, 0.25) is 0 Å². The van der Waals surface area contributed by atoms with Gasteiger partial charge in [-0.2, -0.15) is 0 Å². The zero-order valence-corrected chi connectivity index (χ0v) is 12.7. The average molecular weight is 274 g/mol. The molecule has 0 radical (unpaired) electrons. The van der Waals surface area contributed by atoms with Crippen LogP contribution < -0.4 is 5.73 Å². The van der Waals surface area contributed by atoms with Gasteiger partial charge in [-0.1, -0.05) is 51.1 Å². The minimum absolute atomic E-state index is 0.131. The maximum atomic E-state index is 6.22. The van der Waals surface area contributed by atoms with E-state index in [0.717, 1.165) is 18.5 Å². The van der Waals surface area contributed by atoms with Crippen molar-refractivity contribution in [1.82, 2.24) is 4.98 Å². The van der Waals surface area contributed by atoms with Crippen molar-refractivity contribution in [3.63, 3.8) is 0 Å². The third-order valence-electron chi connectivity index (χ3n) is 3.01. The molecule has 0 spiro atoms. The van der Waals surface area contributed by atoms with Crippen molar-refractivity contribution in [3.05, 3.63) is 52.0 Å². The van der Waals surface area contributed by atoms with Crippen molar-refractivity contribution < 1.29 is 0 Å². The highest BCUT2D eigenvalue weighted by Crippen LogP contribution is 2.25. The fourth-order valence-electron chi connectivity index (χ4n) is 2.00. The first-order valence-electron chi connectivity index (χ1n) is 6.69. The maximum absolute atomic E-state index is 6.22. The summed E-state index contributed by atoms with van der Waals surface area (Å²) in [5.74, 6) is 0. The van der Waals surface area contributed by atoms with Gasteiger partial charge in [-0.3, -0.25) is 0 Å². The molecule has 1 unspecified atom stereocenters. The summed E-state index contributed by atoms with van der Waals surface area (Å²) in [5, 5.41) is 3.33. The van der Waals surface area contributed by atoms with Crippen molar-refractivity contribution >= 4 is 11.3 Å². The molecule has 102 valence electrons. The number of rotatable bonds is 4. The lowest BCUT2D eigenvalue weighted by molar-refractivity contribution is 0.578. The van der Waals surface area contributed by atoms with Gasteiger partial charge in [0.1, 0.15) is 0 Å². The normalized spacial score (nSPS) is 13.5. The Kier molecular flexibility index (Phi) is 4.38. The highest BCUT2D eigenvalue weighted by atomic mass is 32.1. The first-order chi connectivity index (χ1) is 8.95. The molecule has 2 aromatic rings. The van der Waals surface area contributed by atoms with E-state index in [2.05, 4.69) is 50.4 Å². The quantitative estimate of drug-likeness (QED) is 0.926. The Bertz CT molecular complexity index is 511. The molecule has 1 aromatic heterocycles. The molecule has 19 heavy (non-hydrogen) atoms. The second-order valence-corrected chi connectivity index (χ2v) is 6.91. The molecule has 0 fully saturated rings. The fourth-order valence-corrected chi connectivity index (χ4v) is 2.92. The van der Waals surface area contributed by atoms with Crippen molar-refractivity contribution in [2.45, 2.75) is 45.1 Å². The van der Waals surface area contributed by atoms with Crippen LogP contribution in [-0.2, 0) is 18.3 Å². The summed E-state index contributed by atoms with van der Waals surface area (Å²) in [6.07, 6.45) is 1.75. The van der Waals surface area contributed by atoms with Gasteiger partial charge in [-0.05, 0) is 12.0 Å². The third-order valence-corrected chi connectivity index (χ3v) is 4.32. The van der Waals surface area contributed by atoms with E-state index >= 15 is 0 Å². The average Bonchev–Trinajstić information content (AvgIpc) is 2.78. The van der Waals surface area contributed by atoms with E-state index in [1.807, 2.05) is 6.07 Å². The molecule has 0 aliphatic carbocycles. The van der Waals surface area contributed by atoms with Crippen LogP contribution in [0.3, 0.4) is 0 Å². The molecule has 3 heteroatoms. The summed E-state index contributed by atoms with van der Waals surface area (Å²) >= 11 is 1.74. The van der Waals surface area contributed by atoms with Gasteiger partial charge in [0.15, 0.2) is 0 Å². The van der Waals surface area contributed by atoms with Crippen LogP contribution >= 0.6 is 11.3 Å². The number of hydrogen-bond donors (Lipinski definition) is 1. The molecule has 0 saturated heterocycles. The van der Waals surface area contributed by atoms with E-state index in [1.165, 1.54) is 10.6 Å². The largest absolute Gasteiger partial charge is 0.327 e. The van der Waals surface area contributed by atoms with Gasteiger partial charge >= 0.3 is 0 Å². The molecule has 0 saturated carbocycles. The molecule has 0 aliphatic rings. The molecule has 2 nitrogen and oxygen atoms in total. The number of nitrogens with zero attached hydrogens (tertiary/aromatic N) is 1. The topological polar surface area (TPSA) is 38.9 Å². The standard InChI is InChI=1S/C16H22N2S/c1-16(2,3)15-18-14(11-19-15)10-13(17)9-12-7-5-4-6-8-12/h4-8,11,13H,9-10,17H2,1-3H3. The number of hydrogen-bond acceptors (Lipinski definition) is 3. The molecule has 2 N–H and O–H groups in total. The van der Waals surface area contributed by atoms with Gasteiger partial charge in [0.05, 0.1) is 10.7 Å². The van der Waals surface area contributed by atoms with E-state index in [9.17, 15) is 0 Å². The predicted octanol–water partition coefficient (Wildman–Crippen LogP) is 3.55. The van der Waals surface area contributed by atoms with Crippen LogP contribution in [0.4, 0.5) is 0 Å². The fraction of sp³-hybridized carbons (Fsp3) is 0.438. The van der Waals surface area contributed by atoms with Crippen molar-refractivity contribution in [2.24, 2.45) is 5.73 Å². The van der Waals surface area contributed by atoms with E-state index in [0.29, 0.717) is 0 Å². The monoisotopic (exact) mass is 274 g/mol. The first-order valence-corrected chi connectivity index (χ1v) is 7.57. The van der Waals surface area contributed by atoms with Crippen LogP contribution in [0.5, 0.6) is 0 Å². The minimum atomic E-state index is 0.131. The van der Waals surface area contributed by atoms with Crippen molar-refractivity contribution in [2.75, 3.05) is 0 Å². The van der Waals surface area contributed by atoms with E-state index in [-0.39, 0.29) is 11.5 Å². The van der Waals surface area contributed by atoms with Gasteiger partial charge in [-0.15, -0.1) is 11.3 Å². The molecule has 0 amide bonds. The van der Waals surface area contributed by atoms with Crippen molar-refractivity contribution in [3.8, 4) is 0 Å². The minimum Gasteiger partial charge on any atom is -0.327 e. The van der Waals surface area contributed by atoms with E-state index in [1.54, 1.807) is 11.3 Å². The zero-order chi connectivity index (χ0) is 13.9. The Hall–Kier alpha value is -1.19. The zero-order valence-electron chi connectivity index (χ0n) is 11.9. The van der Waals surface area contributed by atoms with Crippen LogP contribution in [-0.4, -0.2) is 11.0 Å². The molecule has 0 aliphatic heterocycles. The van der Waals surface area contributed by atoms with Gasteiger partial charge < -0.3 is 5.73 Å². The predicted molar refractivity (Wildman–Crippen MR) is 82.6 cm³/mol. The summed E-state index contributed by atoms with van der Waals surface area (Å²) in [7, 11) is 0. The number of nitrogens with two attached hydrogens (primary N) is 1. The molecule has 2 rings (SSSR count). The van der Waals surface area contributed by atoms with Crippen LogP contribution in [0.2, 0.25) is 0 Å². The lowest BCUT2D eigenvalue weighted by atomic mass is 9.98. The lowest BCUT2D eigenvalue weighted by Gasteiger charge is -2.14. The smallest absolute Gasteiger partial charge is 0.0981 e. The summed E-state index contributed by atoms with van der Waals surface area (Å²) in [4.78, 5) is 4.70. The molecule has 0 bridgehead atoms. The second-order valence-electron chi connectivity index (χ2n) is 6.05. The molecule has 1 heterocycles. The summed E-state index contributed by atoms with van der Waals surface area (Å²) in [6.45, 7) is 6.58. The summed E-state index contributed by atoms with van der Waals surface area (Å²) in [6, 6.07) is 10.5. The van der Waals surface area contributed by atoms with Crippen LogP contribution in [0.25, 0.3) is 0 Å². The molecule has 1 aromatic carbocycles. The van der Waals surface area contributed by atoms with Crippen molar-refractivity contribution in [1.29, 1.82) is 0 Å². The number of benzene rings is 1. The van der Waals surface area contributed by atoms with E-state index < -0.39 is 0 Å². The third kappa shape index (κ3) is 4.15. The van der Waals surface area contributed by atoms with Gasteiger partial charge in [0, 0.05) is 23.3 Å². The lowest BCUT2D eigenvalue weighted by Crippen LogP contribution is -2.25. The van der Waals surface area contributed by atoms with E-state index in [4.69, 9.17) is 10.7 Å². The Morgan fingerprint density at radius 2 is 1.84 bits per heavy atom. The highest BCUT2D eigenvalue weighted by molar-refractivity contribution is 7.09. The first kappa shape index (κ1) is 14.2. The number of thiazole rings is 1. The molecular weight excluding hydrogens is 252 g/mol. The molecular formula is C16H22N2S.